The van der Waals surface area contributed by atoms with Crippen LogP contribution in [0.15, 0.2) is 18.3 Å². The van der Waals surface area contributed by atoms with Gasteiger partial charge in [-0.15, -0.1) is 5.10 Å². The molecule has 7 heteroatoms. The summed E-state index contributed by atoms with van der Waals surface area (Å²) in [6, 6.07) is 3.90. The summed E-state index contributed by atoms with van der Waals surface area (Å²) in [7, 11) is 0. The van der Waals surface area contributed by atoms with Crippen molar-refractivity contribution in [1.29, 1.82) is 0 Å². The number of rotatable bonds is 2. The molecular weight excluding hydrogens is 282 g/mol. The molecule has 1 N–H and O–H groups in total. The summed E-state index contributed by atoms with van der Waals surface area (Å²) in [5, 5.41) is 8.13. The molecule has 1 saturated heterocycles. The lowest BCUT2D eigenvalue weighted by molar-refractivity contribution is -0.0605. The number of ether oxygens (including phenoxy) is 1. The lowest BCUT2D eigenvalue weighted by Crippen LogP contribution is -2.50. The smallest absolute Gasteiger partial charge is 0.270 e. The third-order valence-electron chi connectivity index (χ3n) is 4.57. The third-order valence-corrected chi connectivity index (χ3v) is 4.57. The van der Waals surface area contributed by atoms with Gasteiger partial charge >= 0.3 is 0 Å². The molecule has 0 radical (unpaired) electrons. The number of piperidine rings is 1. The number of aromatic amines is 1. The van der Waals surface area contributed by atoms with Crippen molar-refractivity contribution in [2.24, 2.45) is 0 Å². The van der Waals surface area contributed by atoms with E-state index < -0.39 is 0 Å². The molecule has 0 spiro atoms. The fraction of sp³-hybridized carbons (Fsp3) is 0.533. The molecule has 2 atom stereocenters. The number of H-pyrrole nitrogens is 1. The van der Waals surface area contributed by atoms with Crippen LogP contribution in [0.4, 0.5) is 0 Å². The fourth-order valence-electron chi connectivity index (χ4n) is 3.31. The van der Waals surface area contributed by atoms with Gasteiger partial charge < -0.3 is 14.6 Å². The Kier molecular flexibility index (Phi) is 3.22. The Bertz CT molecular complexity index is 692. The molecule has 0 aromatic carbocycles. The van der Waals surface area contributed by atoms with Gasteiger partial charge in [0.2, 0.25) is 0 Å². The summed E-state index contributed by atoms with van der Waals surface area (Å²) in [5.41, 5.74) is 2.72. The SMILES string of the molecule is CCc1ccc(C(=O)N2CC[C@H]3OCc4cnnn4[C@@H]3C2)[nH]1. The third kappa shape index (κ3) is 2.12. The minimum absolute atomic E-state index is 0.0467. The zero-order chi connectivity index (χ0) is 15.1. The highest BCUT2D eigenvalue weighted by atomic mass is 16.5. The van der Waals surface area contributed by atoms with Gasteiger partial charge in [0.05, 0.1) is 30.6 Å². The number of nitrogens with one attached hydrogen (secondary N) is 1. The molecule has 2 aromatic rings. The molecule has 2 aliphatic rings. The minimum atomic E-state index is 0.0467. The van der Waals surface area contributed by atoms with Gasteiger partial charge in [0, 0.05) is 18.8 Å². The van der Waals surface area contributed by atoms with Crippen LogP contribution in [0.25, 0.3) is 0 Å². The van der Waals surface area contributed by atoms with Crippen molar-refractivity contribution >= 4 is 5.91 Å². The predicted octanol–water partition coefficient (Wildman–Crippen LogP) is 1.15. The topological polar surface area (TPSA) is 76.0 Å². The first-order valence-corrected chi connectivity index (χ1v) is 7.74. The van der Waals surface area contributed by atoms with Crippen LogP contribution in [0.3, 0.4) is 0 Å². The van der Waals surface area contributed by atoms with E-state index in [1.54, 1.807) is 6.20 Å². The summed E-state index contributed by atoms with van der Waals surface area (Å²) in [6.07, 6.45) is 3.58. The number of aryl methyl sites for hydroxylation is 1. The van der Waals surface area contributed by atoms with Gasteiger partial charge in [0.1, 0.15) is 5.69 Å². The van der Waals surface area contributed by atoms with E-state index >= 15 is 0 Å². The van der Waals surface area contributed by atoms with E-state index in [4.69, 9.17) is 4.74 Å². The molecule has 22 heavy (non-hydrogen) atoms. The van der Waals surface area contributed by atoms with Crippen LogP contribution in [0.1, 0.15) is 41.3 Å². The minimum Gasteiger partial charge on any atom is -0.370 e. The zero-order valence-corrected chi connectivity index (χ0v) is 12.5. The lowest BCUT2D eigenvalue weighted by Gasteiger charge is -2.40. The number of carbonyl (C=O) groups is 1. The van der Waals surface area contributed by atoms with Crippen molar-refractivity contribution in [2.45, 2.75) is 38.5 Å². The number of nitrogens with zero attached hydrogens (tertiary/aromatic N) is 4. The molecule has 116 valence electrons. The van der Waals surface area contributed by atoms with Crippen LogP contribution in [0, 0.1) is 0 Å². The van der Waals surface area contributed by atoms with Gasteiger partial charge in [0.15, 0.2) is 0 Å². The van der Waals surface area contributed by atoms with Gasteiger partial charge in [-0.05, 0) is 25.0 Å². The summed E-state index contributed by atoms with van der Waals surface area (Å²) in [4.78, 5) is 17.7. The molecule has 2 aromatic heterocycles. The second-order valence-electron chi connectivity index (χ2n) is 5.88. The number of hydrogen-bond acceptors (Lipinski definition) is 4. The highest BCUT2D eigenvalue weighted by molar-refractivity contribution is 5.92. The van der Waals surface area contributed by atoms with E-state index in [1.807, 2.05) is 21.7 Å². The average Bonchev–Trinajstić information content (AvgIpc) is 3.22. The number of aromatic nitrogens is 4. The molecule has 1 fully saturated rings. The Morgan fingerprint density at radius 2 is 2.41 bits per heavy atom. The maximum atomic E-state index is 12.7. The summed E-state index contributed by atoms with van der Waals surface area (Å²) in [6.45, 7) is 3.95. The van der Waals surface area contributed by atoms with Crippen LogP contribution in [-0.2, 0) is 17.8 Å². The van der Waals surface area contributed by atoms with Crippen molar-refractivity contribution < 1.29 is 9.53 Å². The second-order valence-corrected chi connectivity index (χ2v) is 5.88. The van der Waals surface area contributed by atoms with Crippen LogP contribution in [-0.4, -0.2) is 50.0 Å². The molecule has 2 aliphatic heterocycles. The Hall–Kier alpha value is -2.15. The maximum absolute atomic E-state index is 12.7. The van der Waals surface area contributed by atoms with Crippen molar-refractivity contribution in [3.8, 4) is 0 Å². The monoisotopic (exact) mass is 301 g/mol. The quantitative estimate of drug-likeness (QED) is 0.903. The van der Waals surface area contributed by atoms with E-state index in [9.17, 15) is 4.79 Å². The summed E-state index contributed by atoms with van der Waals surface area (Å²) in [5.74, 6) is 0.0467. The average molecular weight is 301 g/mol. The summed E-state index contributed by atoms with van der Waals surface area (Å²) < 4.78 is 7.79. The van der Waals surface area contributed by atoms with Gasteiger partial charge in [-0.2, -0.15) is 0 Å². The van der Waals surface area contributed by atoms with E-state index in [2.05, 4.69) is 22.2 Å². The lowest BCUT2D eigenvalue weighted by atomic mass is 10.00. The number of hydrogen-bond donors (Lipinski definition) is 1. The van der Waals surface area contributed by atoms with E-state index in [0.717, 1.165) is 24.2 Å². The molecule has 0 aliphatic carbocycles. The largest absolute Gasteiger partial charge is 0.370 e. The van der Waals surface area contributed by atoms with Crippen molar-refractivity contribution in [3.05, 3.63) is 35.4 Å². The highest BCUT2D eigenvalue weighted by Gasteiger charge is 2.38. The van der Waals surface area contributed by atoms with Crippen LogP contribution in [0.5, 0.6) is 0 Å². The van der Waals surface area contributed by atoms with Crippen LogP contribution < -0.4 is 0 Å². The number of carbonyl (C=O) groups excluding carboxylic acids is 1. The Morgan fingerprint density at radius 1 is 1.50 bits per heavy atom. The van der Waals surface area contributed by atoms with Gasteiger partial charge in [-0.3, -0.25) is 4.79 Å². The van der Waals surface area contributed by atoms with Crippen LogP contribution >= 0.6 is 0 Å². The van der Waals surface area contributed by atoms with Crippen LogP contribution in [0.2, 0.25) is 0 Å². The van der Waals surface area contributed by atoms with Crippen molar-refractivity contribution in [3.63, 3.8) is 0 Å². The van der Waals surface area contributed by atoms with Crippen molar-refractivity contribution in [1.82, 2.24) is 24.9 Å². The number of likely N-dealkylation sites (tertiary alicyclic amines) is 1. The molecule has 7 nitrogen and oxygen atoms in total. The predicted molar refractivity (Wildman–Crippen MR) is 78.3 cm³/mol. The highest BCUT2D eigenvalue weighted by Crippen LogP contribution is 2.30. The molecule has 0 bridgehead atoms. The number of fused-ring (bicyclic) bond motifs is 3. The normalized spacial score (nSPS) is 24.0. The molecular formula is C15H19N5O2. The molecule has 4 rings (SSSR count). The molecule has 1 amide bonds. The Balaban J connectivity index is 1.55. The van der Waals surface area contributed by atoms with Gasteiger partial charge in [-0.1, -0.05) is 12.1 Å². The number of amides is 1. The van der Waals surface area contributed by atoms with E-state index in [0.29, 0.717) is 25.4 Å². The van der Waals surface area contributed by atoms with Gasteiger partial charge in [0.25, 0.3) is 5.91 Å². The Morgan fingerprint density at radius 3 is 3.23 bits per heavy atom. The van der Waals surface area contributed by atoms with Gasteiger partial charge in [-0.25, -0.2) is 4.68 Å². The van der Waals surface area contributed by atoms with E-state index in [1.165, 1.54) is 0 Å². The molecule has 4 heterocycles. The maximum Gasteiger partial charge on any atom is 0.270 e. The summed E-state index contributed by atoms with van der Waals surface area (Å²) >= 11 is 0. The van der Waals surface area contributed by atoms with E-state index in [-0.39, 0.29) is 18.1 Å². The molecule has 0 saturated carbocycles. The zero-order valence-electron chi connectivity index (χ0n) is 12.5. The second kappa shape index (κ2) is 5.24. The standard InChI is InChI=1S/C15H19N5O2/c1-2-10-3-4-12(17-10)15(21)19-6-5-14-13(8-19)20-11(9-22-14)7-16-18-20/h3-4,7,13-14,17H,2,5-6,8-9H2,1H3/t13-,14-/m1/s1. The first kappa shape index (κ1) is 13.5. The fourth-order valence-corrected chi connectivity index (χ4v) is 3.31. The molecule has 0 unspecified atom stereocenters. The first-order chi connectivity index (χ1) is 10.8. The Labute approximate surface area is 128 Å². The van der Waals surface area contributed by atoms with Crippen molar-refractivity contribution in [2.75, 3.05) is 13.1 Å². The first-order valence-electron chi connectivity index (χ1n) is 7.74.